The summed E-state index contributed by atoms with van der Waals surface area (Å²) in [7, 11) is 0. The molecule has 0 N–H and O–H groups in total. The van der Waals surface area contributed by atoms with Crippen LogP contribution in [0.2, 0.25) is 0 Å². The summed E-state index contributed by atoms with van der Waals surface area (Å²) in [4.78, 5) is 0. The van der Waals surface area contributed by atoms with Crippen LogP contribution < -0.4 is 0 Å². The lowest BCUT2D eigenvalue weighted by molar-refractivity contribution is 1.18. The maximum Gasteiger partial charge on any atom is 0.0541 e. The van der Waals surface area contributed by atoms with Gasteiger partial charge >= 0.3 is 0 Å². The molecule has 0 saturated heterocycles. The summed E-state index contributed by atoms with van der Waals surface area (Å²) in [5, 5.41) is 12.3. The van der Waals surface area contributed by atoms with Crippen molar-refractivity contribution in [2.75, 3.05) is 0 Å². The first kappa shape index (κ1) is 44.4. The second kappa shape index (κ2) is 17.4. The second-order valence-corrected chi connectivity index (χ2v) is 21.3. The van der Waals surface area contributed by atoms with Crippen molar-refractivity contribution in [2.45, 2.75) is 0 Å². The first-order valence-corrected chi connectivity index (χ1v) is 27.6. The standard InChI is InChI=1S/C76H48N4/c1-4-18-55(19-5-1)77-69-28-13-10-24-61(69)64-44-49(31-38-72(64)77)50-33-40-74-66(46-50)63-26-12-15-30-71(63)80(74)58-36-37-60-53(43-58)17-16-27-59(60)54-35-42-76-68(48-54)67-47-52(34-41-75(67)79(76)57-22-8-3-9-23-57)51-32-39-73-65(45-51)62-25-11-14-29-70(62)78(73)56-20-6-2-7-21-56/h1-48H. The van der Waals surface area contributed by atoms with Crippen molar-refractivity contribution >= 4 is 98.0 Å². The van der Waals surface area contributed by atoms with Crippen LogP contribution in [0.25, 0.3) is 154 Å². The number of fused-ring (bicyclic) bond motifs is 13. The zero-order valence-corrected chi connectivity index (χ0v) is 43.5. The fraction of sp³-hybridized carbons (Fsp3) is 0. The van der Waals surface area contributed by atoms with E-state index in [1.807, 2.05) is 0 Å². The quantitative estimate of drug-likeness (QED) is 0.152. The molecule has 0 aliphatic carbocycles. The first-order chi connectivity index (χ1) is 39.7. The highest BCUT2D eigenvalue weighted by molar-refractivity contribution is 6.16. The predicted molar refractivity (Wildman–Crippen MR) is 338 cm³/mol. The molecule has 0 unspecified atom stereocenters. The Bertz CT molecular complexity index is 5340. The zero-order chi connectivity index (χ0) is 52.4. The lowest BCUT2D eigenvalue weighted by Crippen LogP contribution is -1.94. The maximum atomic E-state index is 2.44. The Morgan fingerprint density at radius 2 is 0.475 bits per heavy atom. The van der Waals surface area contributed by atoms with Crippen LogP contribution in [0.3, 0.4) is 0 Å². The Hall–Kier alpha value is -10.7. The molecular weight excluding hydrogens is 969 g/mol. The Morgan fingerprint density at radius 3 is 0.875 bits per heavy atom. The lowest BCUT2D eigenvalue weighted by Gasteiger charge is -2.13. The average Bonchev–Trinajstić information content (AvgIpc) is 4.33. The molecule has 0 bridgehead atoms. The molecule has 0 amide bonds. The molecule has 17 rings (SSSR count). The second-order valence-electron chi connectivity index (χ2n) is 21.3. The summed E-state index contributed by atoms with van der Waals surface area (Å²) in [6.07, 6.45) is 0. The molecule has 0 fully saturated rings. The highest BCUT2D eigenvalue weighted by Crippen LogP contribution is 2.43. The van der Waals surface area contributed by atoms with Gasteiger partial charge in [0.2, 0.25) is 0 Å². The van der Waals surface area contributed by atoms with E-state index in [4.69, 9.17) is 0 Å². The van der Waals surface area contributed by atoms with Crippen molar-refractivity contribution in [1.82, 2.24) is 18.3 Å². The van der Waals surface area contributed by atoms with Gasteiger partial charge in [-0.05, 0) is 172 Å². The molecule has 0 saturated carbocycles. The minimum absolute atomic E-state index is 1.14. The van der Waals surface area contributed by atoms with Gasteiger partial charge in [0.25, 0.3) is 0 Å². The van der Waals surface area contributed by atoms with Gasteiger partial charge in [-0.1, -0.05) is 164 Å². The monoisotopic (exact) mass is 1020 g/mol. The van der Waals surface area contributed by atoms with Gasteiger partial charge in [0.1, 0.15) is 0 Å². The van der Waals surface area contributed by atoms with Crippen LogP contribution in [-0.2, 0) is 0 Å². The van der Waals surface area contributed by atoms with Gasteiger partial charge in [-0.15, -0.1) is 0 Å². The van der Waals surface area contributed by atoms with Crippen LogP contribution in [-0.4, -0.2) is 18.3 Å². The molecule has 17 aromatic rings. The van der Waals surface area contributed by atoms with Gasteiger partial charge in [-0.25, -0.2) is 0 Å². The van der Waals surface area contributed by atoms with E-state index in [2.05, 4.69) is 309 Å². The summed E-state index contributed by atoms with van der Waals surface area (Å²) in [6, 6.07) is 107. The smallest absolute Gasteiger partial charge is 0.0541 e. The van der Waals surface area contributed by atoms with Crippen molar-refractivity contribution in [2.24, 2.45) is 0 Å². The van der Waals surface area contributed by atoms with Crippen LogP contribution in [0, 0.1) is 0 Å². The molecule has 0 aliphatic heterocycles. The number of nitrogens with zero attached hydrogens (tertiary/aromatic N) is 4. The number of hydrogen-bond acceptors (Lipinski definition) is 0. The van der Waals surface area contributed by atoms with E-state index in [0.717, 1.165) is 17.1 Å². The van der Waals surface area contributed by atoms with E-state index >= 15 is 0 Å². The van der Waals surface area contributed by atoms with Crippen molar-refractivity contribution in [3.05, 3.63) is 291 Å². The third-order valence-electron chi connectivity index (χ3n) is 16.9. The number of para-hydroxylation sites is 6. The molecule has 0 atom stereocenters. The molecule has 4 heteroatoms. The van der Waals surface area contributed by atoms with Gasteiger partial charge in [-0.3, -0.25) is 0 Å². The third kappa shape index (κ3) is 6.69. The molecule has 13 aromatic carbocycles. The summed E-state index contributed by atoms with van der Waals surface area (Å²) >= 11 is 0. The summed E-state index contributed by atoms with van der Waals surface area (Å²) < 4.78 is 9.63. The van der Waals surface area contributed by atoms with E-state index in [9.17, 15) is 0 Å². The number of benzene rings is 13. The SMILES string of the molecule is c1ccc(-n2c3ccccc3c3cc(-c4ccc5c(c4)c4ccccc4n5-c4ccc5c(-c6ccc7c(c6)c6cc(-c8ccc9c(c8)c8ccccc8n9-c8ccccc8)ccc6n7-c6ccccc6)cccc5c4)ccc32)cc1. The van der Waals surface area contributed by atoms with Gasteiger partial charge < -0.3 is 18.3 Å². The average molecular weight is 1020 g/mol. The Labute approximate surface area is 461 Å². The highest BCUT2D eigenvalue weighted by Gasteiger charge is 2.20. The van der Waals surface area contributed by atoms with E-state index in [1.165, 1.54) is 137 Å². The molecule has 4 nitrogen and oxygen atoms in total. The van der Waals surface area contributed by atoms with Crippen molar-refractivity contribution in [3.63, 3.8) is 0 Å². The molecule has 372 valence electrons. The summed E-state index contributed by atoms with van der Waals surface area (Å²) in [5.74, 6) is 0. The fourth-order valence-electron chi connectivity index (χ4n) is 13.3. The predicted octanol–water partition coefficient (Wildman–Crippen LogP) is 20.2. The largest absolute Gasteiger partial charge is 0.309 e. The van der Waals surface area contributed by atoms with Crippen LogP contribution in [0.1, 0.15) is 0 Å². The topological polar surface area (TPSA) is 19.7 Å². The van der Waals surface area contributed by atoms with Crippen molar-refractivity contribution in [1.29, 1.82) is 0 Å². The van der Waals surface area contributed by atoms with Crippen molar-refractivity contribution in [3.8, 4) is 56.1 Å². The fourth-order valence-corrected chi connectivity index (χ4v) is 13.3. The van der Waals surface area contributed by atoms with Crippen LogP contribution in [0.5, 0.6) is 0 Å². The van der Waals surface area contributed by atoms with Crippen molar-refractivity contribution < 1.29 is 0 Å². The van der Waals surface area contributed by atoms with Gasteiger partial charge in [0.05, 0.1) is 44.1 Å². The highest BCUT2D eigenvalue weighted by atomic mass is 15.0. The zero-order valence-electron chi connectivity index (χ0n) is 43.5. The molecular formula is C76H48N4. The number of aromatic nitrogens is 4. The van der Waals surface area contributed by atoms with Crippen LogP contribution >= 0.6 is 0 Å². The summed E-state index contributed by atoms with van der Waals surface area (Å²) in [5.41, 5.74) is 21.4. The van der Waals surface area contributed by atoms with E-state index in [0.29, 0.717) is 0 Å². The van der Waals surface area contributed by atoms with Gasteiger partial charge in [0.15, 0.2) is 0 Å². The molecule has 0 aliphatic rings. The first-order valence-electron chi connectivity index (χ1n) is 27.6. The van der Waals surface area contributed by atoms with E-state index in [-0.39, 0.29) is 0 Å². The molecule has 4 heterocycles. The van der Waals surface area contributed by atoms with Crippen LogP contribution in [0.15, 0.2) is 291 Å². The minimum atomic E-state index is 1.14. The van der Waals surface area contributed by atoms with E-state index < -0.39 is 0 Å². The Kier molecular flexibility index (Phi) is 9.68. The normalized spacial score (nSPS) is 12.0. The molecule has 4 aromatic heterocycles. The Morgan fingerprint density at radius 1 is 0.163 bits per heavy atom. The Balaban J connectivity index is 0.774. The van der Waals surface area contributed by atoms with E-state index in [1.54, 1.807) is 0 Å². The lowest BCUT2D eigenvalue weighted by atomic mass is 9.96. The third-order valence-corrected chi connectivity index (χ3v) is 16.9. The number of hydrogen-bond donors (Lipinski definition) is 0. The van der Waals surface area contributed by atoms with Crippen LogP contribution in [0.4, 0.5) is 0 Å². The molecule has 80 heavy (non-hydrogen) atoms. The maximum absolute atomic E-state index is 2.44. The molecule has 0 radical (unpaired) electrons. The molecule has 0 spiro atoms. The summed E-state index contributed by atoms with van der Waals surface area (Å²) in [6.45, 7) is 0. The van der Waals surface area contributed by atoms with Gasteiger partial charge in [-0.2, -0.15) is 0 Å². The number of rotatable bonds is 7. The minimum Gasteiger partial charge on any atom is -0.309 e. The van der Waals surface area contributed by atoms with Gasteiger partial charge in [0, 0.05) is 65.8 Å².